The van der Waals surface area contributed by atoms with E-state index in [-0.39, 0.29) is 17.9 Å². The van der Waals surface area contributed by atoms with Gasteiger partial charge in [-0.05, 0) is 49.2 Å². The van der Waals surface area contributed by atoms with E-state index in [1.54, 1.807) is 19.2 Å². The minimum atomic E-state index is -0.653. The summed E-state index contributed by atoms with van der Waals surface area (Å²) in [5, 5.41) is 15.1. The molecule has 0 aromatic heterocycles. The van der Waals surface area contributed by atoms with Crippen LogP contribution >= 0.6 is 11.6 Å². The third-order valence-electron chi connectivity index (χ3n) is 6.78. The predicted molar refractivity (Wildman–Crippen MR) is 118 cm³/mol. The van der Waals surface area contributed by atoms with Gasteiger partial charge < -0.3 is 20.1 Å². The first-order valence-corrected chi connectivity index (χ1v) is 11.1. The number of carbonyl (C=O) groups is 1. The number of carbonyl (C=O) groups excluding carboxylic acids is 1. The van der Waals surface area contributed by atoms with Crippen molar-refractivity contribution >= 4 is 23.2 Å². The van der Waals surface area contributed by atoms with Gasteiger partial charge in [-0.15, -0.1) is 0 Å². The molecule has 0 bridgehead atoms. The molecule has 1 saturated heterocycles. The van der Waals surface area contributed by atoms with Crippen LogP contribution in [0, 0.1) is 5.92 Å². The minimum Gasteiger partial charge on any atom is -0.496 e. The Morgan fingerprint density at radius 1 is 1.20 bits per heavy atom. The first-order chi connectivity index (χ1) is 14.5. The number of rotatable bonds is 5. The second-order valence-corrected chi connectivity index (χ2v) is 9.00. The fourth-order valence-electron chi connectivity index (χ4n) is 5.36. The molecule has 1 heterocycles. The highest BCUT2D eigenvalue weighted by Gasteiger charge is 2.52. The highest BCUT2D eigenvalue weighted by atomic mass is 35.5. The number of nitrogens with one attached hydrogen (secondary N) is 2. The molecule has 1 aliphatic heterocycles. The predicted octanol–water partition coefficient (Wildman–Crippen LogP) is 3.24. The average molecular weight is 430 g/mol. The molecule has 30 heavy (non-hydrogen) atoms. The number of aliphatic hydroxyl groups is 1. The van der Waals surface area contributed by atoms with E-state index in [0.717, 1.165) is 55.6 Å². The maximum atomic E-state index is 12.9. The zero-order valence-corrected chi connectivity index (χ0v) is 18.1. The summed E-state index contributed by atoms with van der Waals surface area (Å²) in [5.41, 5.74) is 1.17. The molecule has 2 aromatic rings. The number of benzene rings is 2. The normalized spacial score (nSPS) is 28.4. The van der Waals surface area contributed by atoms with Crippen LogP contribution in [-0.2, 0) is 4.79 Å². The van der Waals surface area contributed by atoms with Gasteiger partial charge in [-0.1, -0.05) is 36.6 Å². The molecule has 1 saturated carbocycles. The van der Waals surface area contributed by atoms with Crippen molar-refractivity contribution in [2.45, 2.75) is 43.7 Å². The molecule has 4 atom stereocenters. The lowest BCUT2D eigenvalue weighted by Gasteiger charge is -2.50. The van der Waals surface area contributed by atoms with Gasteiger partial charge in [-0.2, -0.15) is 0 Å². The Labute approximate surface area is 183 Å². The Morgan fingerprint density at radius 2 is 1.97 bits per heavy atom. The van der Waals surface area contributed by atoms with Crippen molar-refractivity contribution in [1.29, 1.82) is 0 Å². The topological polar surface area (TPSA) is 63.0 Å². The third kappa shape index (κ3) is 4.34. The number of quaternary nitrogens is 1. The van der Waals surface area contributed by atoms with Crippen LogP contribution in [0.25, 0.3) is 0 Å². The van der Waals surface area contributed by atoms with Crippen LogP contribution in [0.1, 0.15) is 43.7 Å². The van der Waals surface area contributed by atoms with Crippen molar-refractivity contribution in [2.75, 3.05) is 25.5 Å². The summed E-state index contributed by atoms with van der Waals surface area (Å²) in [6.07, 6.45) is 4.73. The highest BCUT2D eigenvalue weighted by molar-refractivity contribution is 6.30. The van der Waals surface area contributed by atoms with Gasteiger partial charge in [0, 0.05) is 23.0 Å². The molecule has 6 heteroatoms. The monoisotopic (exact) mass is 429 g/mol. The molecule has 2 aromatic carbocycles. The molecule has 0 radical (unpaired) electrons. The largest absolute Gasteiger partial charge is 0.496 e. The molecule has 1 aliphatic carbocycles. The number of amides is 1. The van der Waals surface area contributed by atoms with E-state index in [1.807, 2.05) is 30.3 Å². The summed E-state index contributed by atoms with van der Waals surface area (Å²) >= 11 is 5.94. The molecule has 160 valence electrons. The van der Waals surface area contributed by atoms with Gasteiger partial charge in [-0.3, -0.25) is 4.79 Å². The summed E-state index contributed by atoms with van der Waals surface area (Å²) in [6, 6.07) is 15.2. The Bertz CT molecular complexity index is 888. The van der Waals surface area contributed by atoms with E-state index in [1.165, 1.54) is 4.90 Å². The van der Waals surface area contributed by atoms with Crippen LogP contribution in [0.15, 0.2) is 48.5 Å². The van der Waals surface area contributed by atoms with Crippen LogP contribution in [0.3, 0.4) is 0 Å². The Balaban J connectivity index is 1.60. The van der Waals surface area contributed by atoms with Crippen molar-refractivity contribution in [1.82, 2.24) is 0 Å². The number of ether oxygens (including phenoxy) is 1. The fourth-order valence-corrected chi connectivity index (χ4v) is 5.48. The van der Waals surface area contributed by atoms with Crippen molar-refractivity contribution in [3.63, 3.8) is 0 Å². The maximum Gasteiger partial charge on any atom is 0.279 e. The number of anilines is 1. The number of fused-ring (bicyclic) bond motifs is 1. The van der Waals surface area contributed by atoms with Gasteiger partial charge in [-0.25, -0.2) is 0 Å². The third-order valence-corrected chi connectivity index (χ3v) is 7.03. The molecule has 2 aliphatic rings. The number of hydrogen-bond donors (Lipinski definition) is 3. The highest BCUT2D eigenvalue weighted by Crippen LogP contribution is 2.45. The number of para-hydroxylation sites is 1. The smallest absolute Gasteiger partial charge is 0.279 e. The zero-order chi connectivity index (χ0) is 21.1. The number of methoxy groups -OCH3 is 1. The number of hydrogen-bond acceptors (Lipinski definition) is 3. The van der Waals surface area contributed by atoms with E-state index in [0.29, 0.717) is 11.6 Å². The van der Waals surface area contributed by atoms with Crippen LogP contribution < -0.4 is 15.0 Å². The lowest BCUT2D eigenvalue weighted by atomic mass is 9.66. The first-order valence-electron chi connectivity index (χ1n) is 10.8. The number of piperidine rings is 1. The van der Waals surface area contributed by atoms with E-state index in [2.05, 4.69) is 11.4 Å². The summed E-state index contributed by atoms with van der Waals surface area (Å²) in [7, 11) is 1.68. The molecular weight excluding hydrogens is 400 g/mol. The summed E-state index contributed by atoms with van der Waals surface area (Å²) < 4.78 is 5.66. The Hall–Kier alpha value is -2.08. The average Bonchev–Trinajstić information content (AvgIpc) is 2.75. The summed E-state index contributed by atoms with van der Waals surface area (Å²) in [4.78, 5) is 14.1. The maximum absolute atomic E-state index is 12.9. The summed E-state index contributed by atoms with van der Waals surface area (Å²) in [6.45, 7) is 1.10. The van der Waals surface area contributed by atoms with Crippen LogP contribution in [0.5, 0.6) is 5.75 Å². The van der Waals surface area contributed by atoms with E-state index in [4.69, 9.17) is 16.3 Å². The Morgan fingerprint density at radius 3 is 2.73 bits per heavy atom. The van der Waals surface area contributed by atoms with Gasteiger partial charge in [0.1, 0.15) is 11.8 Å². The number of halogens is 1. The van der Waals surface area contributed by atoms with Crippen molar-refractivity contribution in [3.05, 3.63) is 59.1 Å². The lowest BCUT2D eigenvalue weighted by molar-refractivity contribution is -0.937. The second-order valence-electron chi connectivity index (χ2n) is 8.57. The standard InChI is InChI=1S/C24H29ClN2O3/c1-30-21-8-3-2-6-19(21)23-20-7-4-5-13-24(20,29)14-15-27(23)16-22(28)26-18-11-9-17(25)10-12-18/h2-3,6,8-12,20,23,29H,4-5,7,13-16H2,1H3,(H,26,28)/p+1/t20-,23+,24+/m1/s1. The van der Waals surface area contributed by atoms with Gasteiger partial charge in [0.15, 0.2) is 6.54 Å². The molecule has 2 fully saturated rings. The zero-order valence-electron chi connectivity index (χ0n) is 17.4. The van der Waals surface area contributed by atoms with Crippen molar-refractivity contribution < 1.29 is 19.5 Å². The Kier molecular flexibility index (Phi) is 6.32. The first kappa shape index (κ1) is 21.2. The molecule has 0 spiro atoms. The van der Waals surface area contributed by atoms with Gasteiger partial charge in [0.25, 0.3) is 5.91 Å². The van der Waals surface area contributed by atoms with E-state index in [9.17, 15) is 9.90 Å². The van der Waals surface area contributed by atoms with Crippen molar-refractivity contribution in [3.8, 4) is 5.75 Å². The molecule has 1 unspecified atom stereocenters. The van der Waals surface area contributed by atoms with Gasteiger partial charge in [0.2, 0.25) is 0 Å². The number of likely N-dealkylation sites (tertiary alicyclic amines) is 1. The lowest BCUT2D eigenvalue weighted by Crippen LogP contribution is -3.16. The van der Waals surface area contributed by atoms with E-state index >= 15 is 0 Å². The molecular formula is C24H30ClN2O3+. The van der Waals surface area contributed by atoms with Gasteiger partial charge in [0.05, 0.1) is 24.8 Å². The molecule has 5 nitrogen and oxygen atoms in total. The SMILES string of the molecule is COc1ccccc1[C@H]1[C@H]2CCCC[C@]2(O)CC[NH+]1CC(=O)Nc1ccc(Cl)cc1. The fraction of sp³-hybridized carbons (Fsp3) is 0.458. The van der Waals surface area contributed by atoms with Gasteiger partial charge >= 0.3 is 0 Å². The summed E-state index contributed by atoms with van der Waals surface area (Å²) in [5.74, 6) is 0.913. The molecule has 4 rings (SSSR count). The van der Waals surface area contributed by atoms with Crippen molar-refractivity contribution in [2.24, 2.45) is 5.92 Å². The quantitative estimate of drug-likeness (QED) is 0.683. The molecule has 1 amide bonds. The minimum absolute atomic E-state index is 0.0242. The second kappa shape index (κ2) is 8.96. The van der Waals surface area contributed by atoms with Crippen LogP contribution in [-0.4, -0.2) is 36.8 Å². The van der Waals surface area contributed by atoms with E-state index < -0.39 is 5.60 Å². The van der Waals surface area contributed by atoms with Crippen LogP contribution in [0.4, 0.5) is 5.69 Å². The molecule has 3 N–H and O–H groups in total. The van der Waals surface area contributed by atoms with Crippen LogP contribution in [0.2, 0.25) is 5.02 Å².